The van der Waals surface area contributed by atoms with Crippen LogP contribution in [0.1, 0.15) is 71.1 Å². The fourth-order valence-corrected chi connectivity index (χ4v) is 4.64. The predicted molar refractivity (Wildman–Crippen MR) is 88.8 cm³/mol. The van der Waals surface area contributed by atoms with Crippen LogP contribution in [0.5, 0.6) is 0 Å². The second-order valence-corrected chi connectivity index (χ2v) is 7.18. The highest BCUT2D eigenvalue weighted by Gasteiger charge is 2.35. The van der Waals surface area contributed by atoms with Crippen LogP contribution in [-0.4, -0.2) is 35.5 Å². The molecular weight excluding hydrogens is 284 g/mol. The van der Waals surface area contributed by atoms with Crippen molar-refractivity contribution >= 4 is 18.3 Å². The summed E-state index contributed by atoms with van der Waals surface area (Å²) in [5.41, 5.74) is 0. The van der Waals surface area contributed by atoms with Crippen LogP contribution in [0, 0.1) is 5.92 Å². The van der Waals surface area contributed by atoms with Crippen LogP contribution in [0.2, 0.25) is 0 Å². The second kappa shape index (κ2) is 7.82. The van der Waals surface area contributed by atoms with Crippen molar-refractivity contribution in [1.82, 2.24) is 10.2 Å². The highest BCUT2D eigenvalue weighted by atomic mass is 35.5. The Hall–Kier alpha value is -0.280. The lowest BCUT2D eigenvalue weighted by Crippen LogP contribution is -2.43. The van der Waals surface area contributed by atoms with Crippen molar-refractivity contribution in [2.45, 2.75) is 89.3 Å². The third-order valence-corrected chi connectivity index (χ3v) is 5.70. The zero-order valence-corrected chi connectivity index (χ0v) is 14.2. The first-order valence-electron chi connectivity index (χ1n) is 8.81. The maximum atomic E-state index is 12.7. The van der Waals surface area contributed by atoms with Crippen LogP contribution in [-0.2, 0) is 4.79 Å². The van der Waals surface area contributed by atoms with Gasteiger partial charge in [-0.2, -0.15) is 0 Å². The van der Waals surface area contributed by atoms with E-state index in [0.29, 0.717) is 30.0 Å². The Balaban J connectivity index is 0.00000161. The molecular formula is C17H31ClN2O. The fourth-order valence-electron chi connectivity index (χ4n) is 4.64. The minimum absolute atomic E-state index is 0. The average Bonchev–Trinajstić information content (AvgIpc) is 2.67. The summed E-state index contributed by atoms with van der Waals surface area (Å²) in [6, 6.07) is 1.93. The van der Waals surface area contributed by atoms with E-state index in [1.807, 2.05) is 0 Å². The molecule has 3 heterocycles. The summed E-state index contributed by atoms with van der Waals surface area (Å²) in [4.78, 5) is 15.0. The zero-order valence-electron chi connectivity index (χ0n) is 13.4. The Morgan fingerprint density at radius 3 is 2.48 bits per heavy atom. The highest BCUT2D eigenvalue weighted by Crippen LogP contribution is 2.33. The first-order valence-corrected chi connectivity index (χ1v) is 8.81. The Labute approximate surface area is 135 Å². The fraction of sp³-hybridized carbons (Fsp3) is 0.941. The van der Waals surface area contributed by atoms with Crippen LogP contribution < -0.4 is 5.32 Å². The highest BCUT2D eigenvalue weighted by molar-refractivity contribution is 5.85. The molecule has 3 unspecified atom stereocenters. The minimum atomic E-state index is 0. The number of hydrogen-bond donors (Lipinski definition) is 1. The lowest BCUT2D eigenvalue weighted by molar-refractivity contribution is -0.134. The molecule has 3 atom stereocenters. The van der Waals surface area contributed by atoms with E-state index in [2.05, 4.69) is 17.1 Å². The summed E-state index contributed by atoms with van der Waals surface area (Å²) in [6.07, 6.45) is 12.1. The van der Waals surface area contributed by atoms with Crippen LogP contribution in [0.3, 0.4) is 0 Å². The topological polar surface area (TPSA) is 32.3 Å². The number of halogens is 1. The second-order valence-electron chi connectivity index (χ2n) is 7.18. The van der Waals surface area contributed by atoms with E-state index in [-0.39, 0.29) is 12.4 Å². The molecule has 3 fully saturated rings. The van der Waals surface area contributed by atoms with Gasteiger partial charge in [-0.1, -0.05) is 19.8 Å². The van der Waals surface area contributed by atoms with Crippen molar-refractivity contribution in [1.29, 1.82) is 0 Å². The number of carbonyl (C=O) groups is 1. The molecule has 0 spiro atoms. The van der Waals surface area contributed by atoms with Crippen molar-refractivity contribution < 1.29 is 4.79 Å². The van der Waals surface area contributed by atoms with Gasteiger partial charge in [-0.05, 0) is 50.9 Å². The van der Waals surface area contributed by atoms with Crippen molar-refractivity contribution in [2.24, 2.45) is 5.92 Å². The van der Waals surface area contributed by atoms with E-state index in [1.54, 1.807) is 0 Å². The number of piperidine rings is 1. The Morgan fingerprint density at radius 2 is 1.81 bits per heavy atom. The van der Waals surface area contributed by atoms with Gasteiger partial charge in [-0.15, -0.1) is 12.4 Å². The van der Waals surface area contributed by atoms with E-state index in [4.69, 9.17) is 0 Å². The molecule has 21 heavy (non-hydrogen) atoms. The normalized spacial score (nSPS) is 36.0. The molecule has 1 amide bonds. The molecule has 0 aromatic heterocycles. The van der Waals surface area contributed by atoms with Gasteiger partial charge in [-0.25, -0.2) is 0 Å². The summed E-state index contributed by atoms with van der Waals surface area (Å²) in [5, 5.41) is 3.68. The van der Waals surface area contributed by atoms with E-state index in [0.717, 1.165) is 19.4 Å². The molecule has 0 aromatic carbocycles. The summed E-state index contributed by atoms with van der Waals surface area (Å²) in [7, 11) is 0. The van der Waals surface area contributed by atoms with Gasteiger partial charge < -0.3 is 10.2 Å². The summed E-state index contributed by atoms with van der Waals surface area (Å²) >= 11 is 0. The molecule has 0 saturated carbocycles. The predicted octanol–water partition coefficient (Wildman–Crippen LogP) is 3.51. The number of fused-ring (bicyclic) bond motifs is 2. The maximum Gasteiger partial charge on any atom is 0.223 e. The van der Waals surface area contributed by atoms with Crippen LogP contribution in [0.25, 0.3) is 0 Å². The van der Waals surface area contributed by atoms with Crippen molar-refractivity contribution in [3.05, 3.63) is 0 Å². The van der Waals surface area contributed by atoms with E-state index in [9.17, 15) is 4.79 Å². The van der Waals surface area contributed by atoms with Gasteiger partial charge in [0.2, 0.25) is 5.91 Å². The van der Waals surface area contributed by atoms with E-state index >= 15 is 0 Å². The molecule has 3 saturated heterocycles. The standard InChI is InChI=1S/C17H30N2O.ClH/c1-2-16-6-4-3-5-9-19(16)17(20)12-13-10-14-7-8-15(11-13)18-14;/h13-16,18H,2-12H2,1H3;1H. The van der Waals surface area contributed by atoms with Gasteiger partial charge in [0.1, 0.15) is 0 Å². The number of amides is 1. The quantitative estimate of drug-likeness (QED) is 0.864. The molecule has 0 aromatic rings. The average molecular weight is 315 g/mol. The number of likely N-dealkylation sites (tertiary alicyclic amines) is 1. The third-order valence-electron chi connectivity index (χ3n) is 5.70. The lowest BCUT2D eigenvalue weighted by atomic mass is 9.89. The van der Waals surface area contributed by atoms with Crippen molar-refractivity contribution in [3.63, 3.8) is 0 Å². The van der Waals surface area contributed by atoms with Gasteiger partial charge in [0.05, 0.1) is 0 Å². The van der Waals surface area contributed by atoms with Gasteiger partial charge in [0.25, 0.3) is 0 Å². The first-order chi connectivity index (χ1) is 9.76. The molecule has 1 N–H and O–H groups in total. The van der Waals surface area contributed by atoms with Gasteiger partial charge in [0, 0.05) is 31.1 Å². The molecule has 2 bridgehead atoms. The maximum absolute atomic E-state index is 12.7. The largest absolute Gasteiger partial charge is 0.340 e. The summed E-state index contributed by atoms with van der Waals surface area (Å²) in [5.74, 6) is 1.09. The van der Waals surface area contributed by atoms with Gasteiger partial charge >= 0.3 is 0 Å². The van der Waals surface area contributed by atoms with Crippen molar-refractivity contribution in [2.75, 3.05) is 6.54 Å². The number of rotatable bonds is 3. The van der Waals surface area contributed by atoms with E-state index < -0.39 is 0 Å². The van der Waals surface area contributed by atoms with Crippen LogP contribution >= 0.6 is 12.4 Å². The molecule has 3 aliphatic rings. The summed E-state index contributed by atoms with van der Waals surface area (Å²) < 4.78 is 0. The number of nitrogens with zero attached hydrogens (tertiary/aromatic N) is 1. The molecule has 3 rings (SSSR count). The van der Waals surface area contributed by atoms with Gasteiger partial charge in [0.15, 0.2) is 0 Å². The molecule has 3 nitrogen and oxygen atoms in total. The Morgan fingerprint density at radius 1 is 1.10 bits per heavy atom. The molecule has 4 heteroatoms. The first kappa shape index (κ1) is 17.1. The molecule has 3 aliphatic heterocycles. The molecule has 0 radical (unpaired) electrons. The lowest BCUT2D eigenvalue weighted by Gasteiger charge is -2.33. The molecule has 0 aliphatic carbocycles. The van der Waals surface area contributed by atoms with Crippen molar-refractivity contribution in [3.8, 4) is 0 Å². The van der Waals surface area contributed by atoms with Crippen LogP contribution in [0.4, 0.5) is 0 Å². The monoisotopic (exact) mass is 314 g/mol. The van der Waals surface area contributed by atoms with Crippen LogP contribution in [0.15, 0.2) is 0 Å². The number of carbonyl (C=O) groups excluding carboxylic acids is 1. The van der Waals surface area contributed by atoms with Gasteiger partial charge in [-0.3, -0.25) is 4.79 Å². The Bertz CT molecular complexity index is 338. The smallest absolute Gasteiger partial charge is 0.223 e. The minimum Gasteiger partial charge on any atom is -0.340 e. The number of nitrogens with one attached hydrogen (secondary N) is 1. The third kappa shape index (κ3) is 4.13. The van der Waals surface area contributed by atoms with E-state index in [1.165, 1.54) is 51.4 Å². The SMILES string of the molecule is CCC1CCCCCN1C(=O)CC1CC2CCC(C1)N2.Cl. The zero-order chi connectivity index (χ0) is 13.9. The molecule has 122 valence electrons. The Kier molecular flexibility index (Phi) is 6.36. The number of hydrogen-bond acceptors (Lipinski definition) is 2. The summed E-state index contributed by atoms with van der Waals surface area (Å²) in [6.45, 7) is 3.25.